The summed E-state index contributed by atoms with van der Waals surface area (Å²) in [4.78, 5) is 36.9. The van der Waals surface area contributed by atoms with Crippen LogP contribution in [0.5, 0.6) is 0 Å². The number of carbonyl (C=O) groups excluding carboxylic acids is 3. The first kappa shape index (κ1) is 22.6. The third kappa shape index (κ3) is 4.47. The zero-order valence-corrected chi connectivity index (χ0v) is 18.0. The topological polar surface area (TPSA) is 109 Å². The number of sulfonamides is 1. The van der Waals surface area contributed by atoms with E-state index in [1.54, 1.807) is 13.0 Å². The van der Waals surface area contributed by atoms with Crippen LogP contribution in [-0.2, 0) is 24.4 Å². The van der Waals surface area contributed by atoms with Gasteiger partial charge in [-0.05, 0) is 52.4 Å². The molecule has 2 aliphatic carbocycles. The van der Waals surface area contributed by atoms with E-state index in [1.165, 1.54) is 0 Å². The summed E-state index contributed by atoms with van der Waals surface area (Å²) in [6, 6.07) is 0. The molecule has 2 saturated carbocycles. The second-order valence-corrected chi connectivity index (χ2v) is 10.5. The summed E-state index contributed by atoms with van der Waals surface area (Å²) in [6.45, 7) is 7.19. The zero-order valence-electron chi connectivity index (χ0n) is 17.2. The molecule has 2 aliphatic rings. The van der Waals surface area contributed by atoms with Gasteiger partial charge in [0.15, 0.2) is 0 Å². The standard InChI is InChI=1S/C20H32N2O5S/c1-5-8-16-12-20(16,18(25)22-28(26,27)19(4)9-10-19)21-17(24)15(7-3)11-14(6-2)13-23/h5,8,13-16H,6-7,9-12H2,1-4H3,(H,21,24)(H,22,25). The van der Waals surface area contributed by atoms with Crippen LogP contribution in [0.4, 0.5) is 0 Å². The Hall–Kier alpha value is -1.70. The molecule has 0 bridgehead atoms. The summed E-state index contributed by atoms with van der Waals surface area (Å²) in [5.41, 5.74) is -1.24. The molecule has 28 heavy (non-hydrogen) atoms. The van der Waals surface area contributed by atoms with Crippen molar-refractivity contribution in [3.63, 3.8) is 0 Å². The second-order valence-electron chi connectivity index (χ2n) is 8.33. The first-order valence-electron chi connectivity index (χ1n) is 10.1. The highest BCUT2D eigenvalue weighted by Crippen LogP contribution is 2.47. The lowest BCUT2D eigenvalue weighted by molar-refractivity contribution is -0.132. The summed E-state index contributed by atoms with van der Waals surface area (Å²) in [5.74, 6) is -1.83. The van der Waals surface area contributed by atoms with Gasteiger partial charge in [0.1, 0.15) is 11.8 Å². The van der Waals surface area contributed by atoms with Crippen molar-refractivity contribution in [2.45, 2.75) is 76.5 Å². The lowest BCUT2D eigenvalue weighted by atomic mass is 9.90. The van der Waals surface area contributed by atoms with Gasteiger partial charge in [0.05, 0.1) is 4.75 Å². The molecule has 0 aromatic carbocycles. The van der Waals surface area contributed by atoms with Crippen LogP contribution >= 0.6 is 0 Å². The minimum absolute atomic E-state index is 0.207. The smallest absolute Gasteiger partial charge is 0.259 e. The number of allylic oxidation sites excluding steroid dienone is 1. The molecule has 0 aliphatic heterocycles. The Morgan fingerprint density at radius 3 is 2.32 bits per heavy atom. The van der Waals surface area contributed by atoms with Crippen molar-refractivity contribution in [1.29, 1.82) is 0 Å². The SMILES string of the molecule is CC=CC1CC1(NC(=O)C(CC)CC(C=O)CC)C(=O)NS(=O)(=O)C1(C)CC1. The van der Waals surface area contributed by atoms with Crippen LogP contribution < -0.4 is 10.0 Å². The number of amides is 2. The van der Waals surface area contributed by atoms with Gasteiger partial charge in [-0.3, -0.25) is 14.3 Å². The Balaban J connectivity index is 2.15. The minimum atomic E-state index is -3.78. The highest BCUT2D eigenvalue weighted by Gasteiger charge is 2.62. The molecular weight excluding hydrogens is 380 g/mol. The van der Waals surface area contributed by atoms with E-state index in [1.807, 2.05) is 26.8 Å². The molecule has 8 heteroatoms. The quantitative estimate of drug-likeness (QED) is 0.399. The highest BCUT2D eigenvalue weighted by molar-refractivity contribution is 7.91. The van der Waals surface area contributed by atoms with E-state index in [0.29, 0.717) is 38.5 Å². The van der Waals surface area contributed by atoms with Gasteiger partial charge in [-0.1, -0.05) is 26.0 Å². The molecule has 0 spiro atoms. The molecule has 4 atom stereocenters. The molecule has 0 aromatic heterocycles. The van der Waals surface area contributed by atoms with E-state index in [9.17, 15) is 22.8 Å². The average Bonchev–Trinajstić information content (AvgIpc) is 3.54. The maximum absolute atomic E-state index is 12.9. The molecule has 2 rings (SSSR count). The van der Waals surface area contributed by atoms with Crippen molar-refractivity contribution in [2.24, 2.45) is 17.8 Å². The van der Waals surface area contributed by atoms with Crippen molar-refractivity contribution in [2.75, 3.05) is 0 Å². The first-order valence-corrected chi connectivity index (χ1v) is 11.5. The third-order valence-corrected chi connectivity index (χ3v) is 8.35. The first-order chi connectivity index (χ1) is 13.1. The van der Waals surface area contributed by atoms with E-state index >= 15 is 0 Å². The number of hydrogen-bond acceptors (Lipinski definition) is 5. The lowest BCUT2D eigenvalue weighted by Gasteiger charge is -2.24. The van der Waals surface area contributed by atoms with E-state index in [-0.39, 0.29) is 17.7 Å². The van der Waals surface area contributed by atoms with Crippen LogP contribution in [0.3, 0.4) is 0 Å². The fourth-order valence-corrected chi connectivity index (χ4v) is 4.77. The Kier molecular flexibility index (Phi) is 6.74. The molecule has 0 heterocycles. The minimum Gasteiger partial charge on any atom is -0.341 e. The summed E-state index contributed by atoms with van der Waals surface area (Å²) in [6.07, 6.45) is 7.49. The predicted molar refractivity (Wildman–Crippen MR) is 107 cm³/mol. The third-order valence-electron chi connectivity index (χ3n) is 6.19. The van der Waals surface area contributed by atoms with Crippen molar-refractivity contribution in [3.05, 3.63) is 12.2 Å². The van der Waals surface area contributed by atoms with Gasteiger partial charge in [0.25, 0.3) is 5.91 Å². The Morgan fingerprint density at radius 2 is 1.86 bits per heavy atom. The van der Waals surface area contributed by atoms with Crippen molar-refractivity contribution >= 4 is 28.1 Å². The number of rotatable bonds is 11. The van der Waals surface area contributed by atoms with Gasteiger partial charge in [-0.15, -0.1) is 0 Å². The van der Waals surface area contributed by atoms with E-state index in [2.05, 4.69) is 10.0 Å². The average molecular weight is 413 g/mol. The van der Waals surface area contributed by atoms with Crippen LogP contribution in [0.1, 0.15) is 66.2 Å². The van der Waals surface area contributed by atoms with Gasteiger partial charge in [0, 0.05) is 17.8 Å². The van der Waals surface area contributed by atoms with Crippen molar-refractivity contribution < 1.29 is 22.8 Å². The predicted octanol–water partition coefficient (Wildman–Crippen LogP) is 2.08. The fraction of sp³-hybridized carbons (Fsp3) is 0.750. The summed E-state index contributed by atoms with van der Waals surface area (Å²) in [7, 11) is -3.78. The molecule has 2 N–H and O–H groups in total. The number of aldehydes is 1. The molecule has 0 saturated heterocycles. The van der Waals surface area contributed by atoms with E-state index in [0.717, 1.165) is 6.29 Å². The number of carbonyl (C=O) groups is 3. The molecular formula is C20H32N2O5S. The van der Waals surface area contributed by atoms with E-state index < -0.39 is 32.1 Å². The van der Waals surface area contributed by atoms with Gasteiger partial charge in [-0.2, -0.15) is 0 Å². The van der Waals surface area contributed by atoms with Gasteiger partial charge in [-0.25, -0.2) is 8.42 Å². The van der Waals surface area contributed by atoms with Crippen LogP contribution in [0.25, 0.3) is 0 Å². The normalized spacial score (nSPS) is 27.6. The molecule has 4 unspecified atom stereocenters. The fourth-order valence-electron chi connectivity index (χ4n) is 3.46. The van der Waals surface area contributed by atoms with Crippen molar-refractivity contribution in [3.8, 4) is 0 Å². The number of nitrogens with one attached hydrogen (secondary N) is 2. The maximum atomic E-state index is 12.9. The summed E-state index contributed by atoms with van der Waals surface area (Å²) in [5, 5.41) is 2.82. The molecule has 2 amide bonds. The monoisotopic (exact) mass is 412 g/mol. The van der Waals surface area contributed by atoms with Crippen LogP contribution in [0.15, 0.2) is 12.2 Å². The molecule has 7 nitrogen and oxygen atoms in total. The zero-order chi connectivity index (χ0) is 21.2. The Labute approximate surface area is 167 Å². The van der Waals surface area contributed by atoms with Gasteiger partial charge >= 0.3 is 0 Å². The molecule has 0 aromatic rings. The van der Waals surface area contributed by atoms with Crippen LogP contribution in [-0.4, -0.2) is 36.8 Å². The lowest BCUT2D eigenvalue weighted by Crippen LogP contribution is -2.54. The Morgan fingerprint density at radius 1 is 1.21 bits per heavy atom. The largest absolute Gasteiger partial charge is 0.341 e. The summed E-state index contributed by atoms with van der Waals surface area (Å²) < 4.78 is 26.2. The maximum Gasteiger partial charge on any atom is 0.259 e. The van der Waals surface area contributed by atoms with Crippen molar-refractivity contribution in [1.82, 2.24) is 10.0 Å². The summed E-state index contributed by atoms with van der Waals surface area (Å²) >= 11 is 0. The Bertz CT molecular complexity index is 757. The molecule has 2 fully saturated rings. The number of hydrogen-bond donors (Lipinski definition) is 2. The second kappa shape index (κ2) is 8.35. The van der Waals surface area contributed by atoms with Gasteiger partial charge in [0.2, 0.25) is 15.9 Å². The van der Waals surface area contributed by atoms with Crippen LogP contribution in [0.2, 0.25) is 0 Å². The van der Waals surface area contributed by atoms with Crippen LogP contribution in [0, 0.1) is 17.8 Å². The molecule has 158 valence electrons. The highest BCUT2D eigenvalue weighted by atomic mass is 32.2. The molecule has 0 radical (unpaired) electrons. The van der Waals surface area contributed by atoms with E-state index in [4.69, 9.17) is 0 Å². The van der Waals surface area contributed by atoms with Gasteiger partial charge < -0.3 is 10.1 Å².